The number of nitrogens with zero attached hydrogens (tertiary/aromatic N) is 2. The van der Waals surface area contributed by atoms with Crippen LogP contribution in [0.1, 0.15) is 62.5 Å². The van der Waals surface area contributed by atoms with Crippen molar-refractivity contribution in [2.24, 2.45) is 7.05 Å². The van der Waals surface area contributed by atoms with E-state index in [2.05, 4.69) is 34.4 Å². The van der Waals surface area contributed by atoms with Gasteiger partial charge < -0.3 is 34.7 Å². The van der Waals surface area contributed by atoms with Crippen molar-refractivity contribution in [3.63, 3.8) is 0 Å². The van der Waals surface area contributed by atoms with Crippen LogP contribution in [-0.2, 0) is 23.1 Å². The number of ether oxygens (including phenoxy) is 3. The van der Waals surface area contributed by atoms with E-state index in [-0.39, 0.29) is 28.8 Å². The molecule has 5 rings (SSSR count). The SMILES string of the molecule is COc1cc2c(c(OC)c1OC)-c1ccc(N[C@H](CCSC)C(=O)Nc3ccc4c(c3)nc(C(C)C)n4C)c(=O)cc1[C@H](NC(C)=O)CC2. The van der Waals surface area contributed by atoms with Gasteiger partial charge in [-0.15, -0.1) is 0 Å². The lowest BCUT2D eigenvalue weighted by Crippen LogP contribution is -2.36. The second-order valence-corrected chi connectivity index (χ2v) is 13.4. The molecule has 0 bridgehead atoms. The van der Waals surface area contributed by atoms with Gasteiger partial charge in [0.25, 0.3) is 0 Å². The van der Waals surface area contributed by atoms with Crippen LogP contribution in [0.15, 0.2) is 47.3 Å². The molecule has 0 unspecified atom stereocenters. The number of amides is 2. The smallest absolute Gasteiger partial charge is 0.246 e. The molecule has 0 fully saturated rings. The lowest BCUT2D eigenvalue weighted by atomic mass is 9.95. The van der Waals surface area contributed by atoms with Crippen LogP contribution in [0.2, 0.25) is 0 Å². The number of fused-ring (bicyclic) bond motifs is 4. The molecule has 1 aliphatic rings. The summed E-state index contributed by atoms with van der Waals surface area (Å²) in [5, 5.41) is 9.33. The lowest BCUT2D eigenvalue weighted by molar-refractivity contribution is -0.120. The maximum atomic E-state index is 14.0. The van der Waals surface area contributed by atoms with Crippen LogP contribution in [-0.4, -0.2) is 60.7 Å². The number of anilines is 2. The second-order valence-electron chi connectivity index (χ2n) is 12.5. The van der Waals surface area contributed by atoms with E-state index < -0.39 is 12.1 Å². The molecule has 12 heteroatoms. The highest BCUT2D eigenvalue weighted by Crippen LogP contribution is 2.50. The third-order valence-corrected chi connectivity index (χ3v) is 9.52. The third kappa shape index (κ3) is 7.34. The summed E-state index contributed by atoms with van der Waals surface area (Å²) in [5.74, 6) is 2.87. The number of hydrogen-bond acceptors (Lipinski definition) is 9. The largest absolute Gasteiger partial charge is 0.493 e. The minimum atomic E-state index is -0.703. The number of methoxy groups -OCH3 is 3. The Balaban J connectivity index is 1.55. The van der Waals surface area contributed by atoms with Crippen molar-refractivity contribution in [2.45, 2.75) is 58.0 Å². The number of aromatic nitrogens is 2. The zero-order chi connectivity index (χ0) is 35.4. The first kappa shape index (κ1) is 35.6. The number of nitrogens with one attached hydrogen (secondary N) is 3. The van der Waals surface area contributed by atoms with Gasteiger partial charge >= 0.3 is 0 Å². The fraction of sp³-hybridized carbons (Fsp3) is 0.405. The van der Waals surface area contributed by atoms with Crippen LogP contribution in [0.3, 0.4) is 0 Å². The van der Waals surface area contributed by atoms with Gasteiger partial charge in [0, 0.05) is 31.1 Å². The number of carbonyl (C=O) groups is 2. The number of thioether (sulfide) groups is 1. The standard InChI is InChI=1S/C37H45N5O6S/c1-20(2)36-41-29-18-23(10-14-30(29)42(36)4)39-37(45)28(15-16-49-8)40-27-13-11-24-25(19-31(27)44)26(38-21(3)43)12-9-22-17-32(46-5)34(47-6)35(48-7)33(22)24/h10-11,13-14,17-20,26,28H,9,12,15-16H2,1-8H3,(H,38,43)(H,39,45)(H,40,44)/t26-,28-/m1/s1. The molecule has 3 aromatic carbocycles. The van der Waals surface area contributed by atoms with Gasteiger partial charge in [-0.25, -0.2) is 4.98 Å². The van der Waals surface area contributed by atoms with Gasteiger partial charge in [0.05, 0.1) is 44.1 Å². The van der Waals surface area contributed by atoms with Crippen molar-refractivity contribution < 1.29 is 23.8 Å². The molecule has 0 aliphatic heterocycles. The van der Waals surface area contributed by atoms with Crippen molar-refractivity contribution in [3.05, 3.63) is 69.6 Å². The number of carbonyl (C=O) groups excluding carboxylic acids is 2. The minimum Gasteiger partial charge on any atom is -0.493 e. The van der Waals surface area contributed by atoms with Gasteiger partial charge in [0.1, 0.15) is 11.9 Å². The molecule has 0 saturated carbocycles. The van der Waals surface area contributed by atoms with E-state index in [9.17, 15) is 14.4 Å². The molecular weight excluding hydrogens is 643 g/mol. The highest BCUT2D eigenvalue weighted by atomic mass is 32.2. The van der Waals surface area contributed by atoms with Crippen molar-refractivity contribution in [1.29, 1.82) is 0 Å². The Hall–Kier alpha value is -4.71. The molecule has 260 valence electrons. The van der Waals surface area contributed by atoms with Gasteiger partial charge in [-0.1, -0.05) is 19.9 Å². The Morgan fingerprint density at radius 1 is 1.04 bits per heavy atom. The molecule has 1 heterocycles. The van der Waals surface area contributed by atoms with E-state index in [0.29, 0.717) is 59.1 Å². The minimum absolute atomic E-state index is 0.209. The highest BCUT2D eigenvalue weighted by molar-refractivity contribution is 7.98. The number of imidazole rings is 1. The normalized spacial score (nSPS) is 14.3. The monoisotopic (exact) mass is 687 g/mol. The molecule has 1 aromatic heterocycles. The first-order valence-electron chi connectivity index (χ1n) is 16.3. The molecule has 2 amide bonds. The van der Waals surface area contributed by atoms with Crippen LogP contribution >= 0.6 is 11.8 Å². The summed E-state index contributed by atoms with van der Waals surface area (Å²) in [6.45, 7) is 5.66. The van der Waals surface area contributed by atoms with Crippen LogP contribution in [0.4, 0.5) is 11.4 Å². The molecule has 0 radical (unpaired) electrons. The summed E-state index contributed by atoms with van der Waals surface area (Å²) in [6.07, 6.45) is 3.60. The lowest BCUT2D eigenvalue weighted by Gasteiger charge is -2.19. The Kier molecular flexibility index (Phi) is 11.1. The van der Waals surface area contributed by atoms with Crippen molar-refractivity contribution in [3.8, 4) is 28.4 Å². The quantitative estimate of drug-likeness (QED) is 0.163. The zero-order valence-corrected chi connectivity index (χ0v) is 30.2. The fourth-order valence-corrected chi connectivity index (χ4v) is 7.03. The molecule has 3 N–H and O–H groups in total. The number of hydrogen-bond donors (Lipinski definition) is 3. The molecule has 0 saturated heterocycles. The number of rotatable bonds is 12. The Labute approximate surface area is 291 Å². The van der Waals surface area contributed by atoms with E-state index in [1.165, 1.54) is 6.92 Å². The number of aryl methyl sites for hydroxylation is 2. The first-order chi connectivity index (χ1) is 23.5. The Bertz CT molecular complexity index is 1940. The zero-order valence-electron chi connectivity index (χ0n) is 29.4. The molecular formula is C37H45N5O6S. The predicted octanol–water partition coefficient (Wildman–Crippen LogP) is 6.05. The summed E-state index contributed by atoms with van der Waals surface area (Å²) >= 11 is 1.62. The van der Waals surface area contributed by atoms with E-state index >= 15 is 0 Å². The van der Waals surface area contributed by atoms with Crippen molar-refractivity contribution in [1.82, 2.24) is 14.9 Å². The summed E-state index contributed by atoms with van der Waals surface area (Å²) in [6, 6.07) is 11.6. The van der Waals surface area contributed by atoms with Gasteiger partial charge in [-0.2, -0.15) is 11.8 Å². The fourth-order valence-electron chi connectivity index (χ4n) is 6.56. The first-order valence-corrected chi connectivity index (χ1v) is 17.7. The van der Waals surface area contributed by atoms with Crippen LogP contribution in [0.25, 0.3) is 22.2 Å². The second kappa shape index (κ2) is 15.2. The average molecular weight is 688 g/mol. The summed E-state index contributed by atoms with van der Waals surface area (Å²) < 4.78 is 19.3. The molecule has 2 atom stereocenters. The topological polar surface area (TPSA) is 133 Å². The van der Waals surface area contributed by atoms with Gasteiger partial charge in [-0.3, -0.25) is 14.4 Å². The van der Waals surface area contributed by atoms with Crippen LogP contribution in [0, 0.1) is 0 Å². The predicted molar refractivity (Wildman–Crippen MR) is 197 cm³/mol. The molecule has 1 aliphatic carbocycles. The Morgan fingerprint density at radius 2 is 1.80 bits per heavy atom. The van der Waals surface area contributed by atoms with Gasteiger partial charge in [0.2, 0.25) is 23.0 Å². The van der Waals surface area contributed by atoms with Crippen molar-refractivity contribution >= 4 is 46.0 Å². The maximum absolute atomic E-state index is 14.0. The summed E-state index contributed by atoms with van der Waals surface area (Å²) in [5.41, 5.74) is 5.41. The number of benzene rings is 2. The van der Waals surface area contributed by atoms with Crippen LogP contribution in [0.5, 0.6) is 17.2 Å². The molecule has 49 heavy (non-hydrogen) atoms. The summed E-state index contributed by atoms with van der Waals surface area (Å²) in [4.78, 5) is 44.8. The van der Waals surface area contributed by atoms with Gasteiger partial charge in [0.15, 0.2) is 11.5 Å². The van der Waals surface area contributed by atoms with E-state index in [0.717, 1.165) is 28.0 Å². The molecule has 4 aromatic rings. The third-order valence-electron chi connectivity index (χ3n) is 8.87. The Morgan fingerprint density at radius 3 is 2.45 bits per heavy atom. The van der Waals surface area contributed by atoms with Crippen molar-refractivity contribution in [2.75, 3.05) is 44.0 Å². The van der Waals surface area contributed by atoms with E-state index in [1.807, 2.05) is 43.6 Å². The highest BCUT2D eigenvalue weighted by Gasteiger charge is 2.30. The van der Waals surface area contributed by atoms with Crippen LogP contribution < -0.4 is 35.6 Å². The average Bonchev–Trinajstić information content (AvgIpc) is 3.23. The molecule has 11 nitrogen and oxygen atoms in total. The maximum Gasteiger partial charge on any atom is 0.246 e. The summed E-state index contributed by atoms with van der Waals surface area (Å²) in [7, 11) is 6.67. The van der Waals surface area contributed by atoms with E-state index in [4.69, 9.17) is 19.2 Å². The van der Waals surface area contributed by atoms with Gasteiger partial charge in [-0.05, 0) is 84.4 Å². The molecule has 0 spiro atoms. The van der Waals surface area contributed by atoms with E-state index in [1.54, 1.807) is 45.2 Å².